The zero-order chi connectivity index (χ0) is 17.6. The van der Waals surface area contributed by atoms with E-state index >= 15 is 0 Å². The standard InChI is InChI=1S/C18H17N3O3S/c1-24-14-10-6-5-9-13(14)20-16(22)11-15-17(23)21-18(25-15)19-12-7-3-2-4-8-12/h2-10,15H,11H2,1H3,(H,20,22)(H,19,21,23). The van der Waals surface area contributed by atoms with Gasteiger partial charge in [0.05, 0.1) is 18.5 Å². The number of hydrogen-bond acceptors (Lipinski definition) is 5. The third kappa shape index (κ3) is 4.39. The summed E-state index contributed by atoms with van der Waals surface area (Å²) < 4.78 is 5.20. The second-order valence-electron chi connectivity index (χ2n) is 5.30. The van der Waals surface area contributed by atoms with E-state index in [1.54, 1.807) is 18.2 Å². The van der Waals surface area contributed by atoms with Crippen molar-refractivity contribution in [1.29, 1.82) is 0 Å². The van der Waals surface area contributed by atoms with Crippen molar-refractivity contribution in [1.82, 2.24) is 5.32 Å². The molecule has 0 saturated carbocycles. The van der Waals surface area contributed by atoms with E-state index in [0.717, 1.165) is 5.69 Å². The van der Waals surface area contributed by atoms with E-state index in [2.05, 4.69) is 15.6 Å². The highest BCUT2D eigenvalue weighted by Gasteiger charge is 2.32. The number of aliphatic imine (C=N–C) groups is 1. The minimum absolute atomic E-state index is 0.0579. The van der Waals surface area contributed by atoms with Crippen LogP contribution in [0.25, 0.3) is 0 Å². The molecule has 0 radical (unpaired) electrons. The Kier molecular flexibility index (Phi) is 5.35. The summed E-state index contributed by atoms with van der Waals surface area (Å²) in [4.78, 5) is 28.7. The van der Waals surface area contributed by atoms with Crippen LogP contribution in [-0.2, 0) is 9.59 Å². The number of rotatable bonds is 5. The second-order valence-corrected chi connectivity index (χ2v) is 6.49. The van der Waals surface area contributed by atoms with Crippen molar-refractivity contribution in [2.75, 3.05) is 12.4 Å². The van der Waals surface area contributed by atoms with Crippen molar-refractivity contribution in [2.45, 2.75) is 11.7 Å². The van der Waals surface area contributed by atoms with Crippen LogP contribution < -0.4 is 15.4 Å². The first kappa shape index (κ1) is 17.0. The lowest BCUT2D eigenvalue weighted by molar-refractivity contribution is -0.122. The third-order valence-corrected chi connectivity index (χ3v) is 4.60. The first-order valence-electron chi connectivity index (χ1n) is 7.70. The number of nitrogens with one attached hydrogen (secondary N) is 2. The van der Waals surface area contributed by atoms with Gasteiger partial charge >= 0.3 is 0 Å². The van der Waals surface area contributed by atoms with E-state index in [4.69, 9.17) is 4.74 Å². The number of carbonyl (C=O) groups excluding carboxylic acids is 2. The van der Waals surface area contributed by atoms with Crippen LogP contribution in [0.4, 0.5) is 11.4 Å². The molecule has 1 heterocycles. The van der Waals surface area contributed by atoms with Gasteiger partial charge in [0.15, 0.2) is 5.17 Å². The Morgan fingerprint density at radius 2 is 1.92 bits per heavy atom. The number of benzene rings is 2. The first-order valence-corrected chi connectivity index (χ1v) is 8.58. The number of amides is 2. The highest BCUT2D eigenvalue weighted by atomic mass is 32.2. The summed E-state index contributed by atoms with van der Waals surface area (Å²) in [5, 5.41) is 5.49. The van der Waals surface area contributed by atoms with Gasteiger partial charge in [-0.3, -0.25) is 9.59 Å². The lowest BCUT2D eigenvalue weighted by atomic mass is 10.2. The molecule has 2 N–H and O–H groups in total. The molecule has 1 unspecified atom stereocenters. The maximum Gasteiger partial charge on any atom is 0.240 e. The van der Waals surface area contributed by atoms with E-state index in [1.165, 1.54) is 18.9 Å². The summed E-state index contributed by atoms with van der Waals surface area (Å²) in [6.45, 7) is 0. The molecule has 0 bridgehead atoms. The molecular weight excluding hydrogens is 338 g/mol. The molecule has 0 aliphatic carbocycles. The van der Waals surface area contributed by atoms with Crippen molar-refractivity contribution < 1.29 is 14.3 Å². The van der Waals surface area contributed by atoms with E-state index in [9.17, 15) is 9.59 Å². The first-order chi connectivity index (χ1) is 12.2. The van der Waals surface area contributed by atoms with E-state index in [1.807, 2.05) is 36.4 Å². The molecule has 25 heavy (non-hydrogen) atoms. The SMILES string of the molecule is COc1ccccc1NC(=O)CC1SC(=Nc2ccccc2)NC1=O. The fourth-order valence-corrected chi connectivity index (χ4v) is 3.32. The summed E-state index contributed by atoms with van der Waals surface area (Å²) in [5.41, 5.74) is 1.33. The van der Waals surface area contributed by atoms with Crippen LogP contribution >= 0.6 is 11.8 Å². The number of nitrogens with zero attached hydrogens (tertiary/aromatic N) is 1. The molecule has 6 nitrogen and oxygen atoms in total. The average Bonchev–Trinajstić information content (AvgIpc) is 2.95. The van der Waals surface area contributed by atoms with Crippen LogP contribution in [0.3, 0.4) is 0 Å². The van der Waals surface area contributed by atoms with Crippen LogP contribution in [0, 0.1) is 0 Å². The van der Waals surface area contributed by atoms with Crippen LogP contribution in [-0.4, -0.2) is 29.3 Å². The predicted octanol–water partition coefficient (Wildman–Crippen LogP) is 2.94. The number of ether oxygens (including phenoxy) is 1. The Morgan fingerprint density at radius 1 is 1.20 bits per heavy atom. The maximum atomic E-state index is 12.2. The topological polar surface area (TPSA) is 79.8 Å². The molecule has 1 aliphatic heterocycles. The van der Waals surface area contributed by atoms with Gasteiger partial charge in [0.1, 0.15) is 11.0 Å². The van der Waals surface area contributed by atoms with Gasteiger partial charge in [-0.1, -0.05) is 42.1 Å². The summed E-state index contributed by atoms with van der Waals surface area (Å²) in [5.74, 6) is 0.110. The monoisotopic (exact) mass is 355 g/mol. The van der Waals surface area contributed by atoms with E-state index < -0.39 is 5.25 Å². The lowest BCUT2D eigenvalue weighted by Gasteiger charge is -2.10. The average molecular weight is 355 g/mol. The minimum Gasteiger partial charge on any atom is -0.495 e. The number of hydrogen-bond donors (Lipinski definition) is 2. The molecular formula is C18H17N3O3S. The summed E-state index contributed by atoms with van der Waals surface area (Å²) in [7, 11) is 1.54. The summed E-state index contributed by atoms with van der Waals surface area (Å²) in [6, 6.07) is 16.5. The Bertz CT molecular complexity index is 808. The molecule has 1 atom stereocenters. The molecule has 3 rings (SSSR count). The van der Waals surface area contributed by atoms with Gasteiger partial charge in [0.2, 0.25) is 11.8 Å². The van der Waals surface area contributed by atoms with Gasteiger partial charge in [0.25, 0.3) is 0 Å². The molecule has 7 heteroatoms. The van der Waals surface area contributed by atoms with Crippen molar-refractivity contribution in [3.05, 3.63) is 54.6 Å². The Morgan fingerprint density at radius 3 is 2.68 bits per heavy atom. The van der Waals surface area contributed by atoms with Crippen LogP contribution in [0.5, 0.6) is 5.75 Å². The Hall–Kier alpha value is -2.80. The van der Waals surface area contributed by atoms with Crippen LogP contribution in [0.2, 0.25) is 0 Å². The van der Waals surface area contributed by atoms with Gasteiger partial charge in [-0.15, -0.1) is 0 Å². The zero-order valence-electron chi connectivity index (χ0n) is 13.6. The minimum atomic E-state index is -0.503. The largest absolute Gasteiger partial charge is 0.495 e. The lowest BCUT2D eigenvalue weighted by Crippen LogP contribution is -2.28. The highest BCUT2D eigenvalue weighted by Crippen LogP contribution is 2.27. The molecule has 1 saturated heterocycles. The number of para-hydroxylation sites is 3. The Balaban J connectivity index is 1.62. The quantitative estimate of drug-likeness (QED) is 0.864. The third-order valence-electron chi connectivity index (χ3n) is 3.52. The van der Waals surface area contributed by atoms with Gasteiger partial charge in [-0.05, 0) is 24.3 Å². The van der Waals surface area contributed by atoms with E-state index in [0.29, 0.717) is 16.6 Å². The molecule has 1 fully saturated rings. The molecule has 2 aromatic rings. The van der Waals surface area contributed by atoms with Gasteiger partial charge in [0, 0.05) is 6.42 Å². The van der Waals surface area contributed by atoms with Gasteiger partial charge in [-0.25, -0.2) is 4.99 Å². The molecule has 0 aromatic heterocycles. The van der Waals surface area contributed by atoms with Gasteiger partial charge in [-0.2, -0.15) is 0 Å². The van der Waals surface area contributed by atoms with Crippen molar-refractivity contribution in [3.8, 4) is 5.75 Å². The summed E-state index contributed by atoms with van der Waals surface area (Å²) in [6.07, 6.45) is 0.0579. The molecule has 0 spiro atoms. The highest BCUT2D eigenvalue weighted by molar-refractivity contribution is 8.15. The van der Waals surface area contributed by atoms with Gasteiger partial charge < -0.3 is 15.4 Å². The van der Waals surface area contributed by atoms with Crippen LogP contribution in [0.15, 0.2) is 59.6 Å². The smallest absolute Gasteiger partial charge is 0.240 e. The zero-order valence-corrected chi connectivity index (χ0v) is 14.4. The normalized spacial score (nSPS) is 18.0. The Labute approximate surface area is 149 Å². The number of amidine groups is 1. The fourth-order valence-electron chi connectivity index (χ4n) is 2.33. The molecule has 2 amide bonds. The maximum absolute atomic E-state index is 12.2. The number of carbonyl (C=O) groups is 2. The summed E-state index contributed by atoms with van der Waals surface area (Å²) >= 11 is 1.26. The van der Waals surface area contributed by atoms with Crippen molar-refractivity contribution in [2.24, 2.45) is 4.99 Å². The molecule has 128 valence electrons. The molecule has 2 aromatic carbocycles. The number of methoxy groups -OCH3 is 1. The van der Waals surface area contributed by atoms with Crippen molar-refractivity contribution >= 4 is 40.1 Å². The predicted molar refractivity (Wildman–Crippen MR) is 99.3 cm³/mol. The van der Waals surface area contributed by atoms with Crippen LogP contribution in [0.1, 0.15) is 6.42 Å². The van der Waals surface area contributed by atoms with E-state index in [-0.39, 0.29) is 18.2 Å². The molecule has 1 aliphatic rings. The fraction of sp³-hybridized carbons (Fsp3) is 0.167. The van der Waals surface area contributed by atoms with Crippen molar-refractivity contribution in [3.63, 3.8) is 0 Å². The second kappa shape index (κ2) is 7.85. The number of anilines is 1. The number of thioether (sulfide) groups is 1.